The van der Waals surface area contributed by atoms with Crippen molar-refractivity contribution in [2.45, 2.75) is 39.2 Å². The highest BCUT2D eigenvalue weighted by Crippen LogP contribution is 2.42. The van der Waals surface area contributed by atoms with Gasteiger partial charge in [-0.05, 0) is 17.4 Å². The van der Waals surface area contributed by atoms with Crippen molar-refractivity contribution in [2.24, 2.45) is 11.1 Å². The molecule has 104 valence electrons. The highest BCUT2D eigenvalue weighted by Gasteiger charge is 2.42. The molecule has 1 aliphatic rings. The van der Waals surface area contributed by atoms with Gasteiger partial charge in [-0.1, -0.05) is 51.1 Å². The van der Waals surface area contributed by atoms with Gasteiger partial charge in [0, 0.05) is 19.0 Å². The zero-order valence-corrected chi connectivity index (χ0v) is 12.1. The summed E-state index contributed by atoms with van der Waals surface area (Å²) in [6, 6.07) is 10.1. The molecular weight excluding hydrogens is 236 g/mol. The molecule has 3 heteroatoms. The predicted molar refractivity (Wildman–Crippen MR) is 77.8 cm³/mol. The fourth-order valence-electron chi connectivity index (χ4n) is 2.95. The topological polar surface area (TPSA) is 46.3 Å². The Hall–Kier alpha value is -1.35. The van der Waals surface area contributed by atoms with Gasteiger partial charge in [0.25, 0.3) is 0 Å². The van der Waals surface area contributed by atoms with Crippen LogP contribution in [0.15, 0.2) is 30.3 Å². The molecule has 1 fully saturated rings. The molecule has 0 aromatic heterocycles. The Balaban J connectivity index is 2.18. The van der Waals surface area contributed by atoms with Crippen molar-refractivity contribution < 1.29 is 4.79 Å². The third-order valence-corrected chi connectivity index (χ3v) is 4.22. The summed E-state index contributed by atoms with van der Waals surface area (Å²) in [6.07, 6.45) is 0.700. The van der Waals surface area contributed by atoms with Crippen molar-refractivity contribution in [1.29, 1.82) is 0 Å². The summed E-state index contributed by atoms with van der Waals surface area (Å²) in [5, 5.41) is 0. The molecule has 3 nitrogen and oxygen atoms in total. The number of likely N-dealkylation sites (tertiary alicyclic amines) is 1. The van der Waals surface area contributed by atoms with Crippen LogP contribution in [0, 0.1) is 5.41 Å². The van der Waals surface area contributed by atoms with E-state index in [2.05, 4.69) is 38.1 Å². The first-order chi connectivity index (χ1) is 8.95. The Bertz CT molecular complexity index is 441. The monoisotopic (exact) mass is 260 g/mol. The quantitative estimate of drug-likeness (QED) is 0.907. The standard InChI is InChI=1S/C16H24N2O/c1-4-14(17)15(19)18-10-13(16(2,3)11-18)12-8-6-5-7-9-12/h5-9,13-14H,4,10-11,17H2,1-3H3. The van der Waals surface area contributed by atoms with Crippen LogP contribution < -0.4 is 5.73 Å². The summed E-state index contributed by atoms with van der Waals surface area (Å²) >= 11 is 0. The third kappa shape index (κ3) is 2.81. The fraction of sp³-hybridized carbons (Fsp3) is 0.562. The van der Waals surface area contributed by atoms with Crippen molar-refractivity contribution in [2.75, 3.05) is 13.1 Å². The summed E-state index contributed by atoms with van der Waals surface area (Å²) in [6.45, 7) is 7.99. The van der Waals surface area contributed by atoms with E-state index in [-0.39, 0.29) is 17.4 Å². The van der Waals surface area contributed by atoms with Gasteiger partial charge in [-0.15, -0.1) is 0 Å². The number of hydrogen-bond donors (Lipinski definition) is 1. The minimum absolute atomic E-state index is 0.0917. The number of carbonyl (C=O) groups is 1. The Morgan fingerprint density at radius 2 is 2.05 bits per heavy atom. The molecule has 0 radical (unpaired) electrons. The Kier molecular flexibility index (Phi) is 3.95. The summed E-state index contributed by atoms with van der Waals surface area (Å²) < 4.78 is 0. The molecule has 0 aliphatic carbocycles. The lowest BCUT2D eigenvalue weighted by atomic mass is 9.78. The average molecular weight is 260 g/mol. The molecule has 2 atom stereocenters. The first kappa shape index (κ1) is 14.1. The SMILES string of the molecule is CCC(N)C(=O)N1CC(c2ccccc2)C(C)(C)C1. The molecule has 1 aliphatic heterocycles. The summed E-state index contributed by atoms with van der Waals surface area (Å²) in [5.41, 5.74) is 7.29. The number of nitrogens with zero attached hydrogens (tertiary/aromatic N) is 1. The Labute approximate surface area is 115 Å². The number of rotatable bonds is 3. The molecule has 1 amide bonds. The van der Waals surface area contributed by atoms with Crippen LogP contribution in [0.1, 0.15) is 38.7 Å². The maximum atomic E-state index is 12.2. The zero-order chi connectivity index (χ0) is 14.0. The van der Waals surface area contributed by atoms with E-state index >= 15 is 0 Å². The molecule has 1 saturated heterocycles. The van der Waals surface area contributed by atoms with Crippen LogP contribution in [0.3, 0.4) is 0 Å². The molecule has 0 bridgehead atoms. The second-order valence-corrected chi connectivity index (χ2v) is 6.19. The van der Waals surface area contributed by atoms with Crippen molar-refractivity contribution in [3.05, 3.63) is 35.9 Å². The third-order valence-electron chi connectivity index (χ3n) is 4.22. The number of nitrogens with two attached hydrogens (primary N) is 1. The molecule has 1 heterocycles. The van der Waals surface area contributed by atoms with Gasteiger partial charge >= 0.3 is 0 Å². The summed E-state index contributed by atoms with van der Waals surface area (Å²) in [4.78, 5) is 14.2. The minimum Gasteiger partial charge on any atom is -0.340 e. The minimum atomic E-state index is -0.356. The highest BCUT2D eigenvalue weighted by molar-refractivity contribution is 5.82. The first-order valence-corrected chi connectivity index (χ1v) is 7.05. The van der Waals surface area contributed by atoms with Crippen molar-refractivity contribution in [3.63, 3.8) is 0 Å². The van der Waals surface area contributed by atoms with Crippen molar-refractivity contribution in [3.8, 4) is 0 Å². The van der Waals surface area contributed by atoms with E-state index in [1.165, 1.54) is 5.56 Å². The molecule has 2 rings (SSSR count). The molecule has 19 heavy (non-hydrogen) atoms. The van der Waals surface area contributed by atoms with Crippen LogP contribution in [0.4, 0.5) is 0 Å². The average Bonchev–Trinajstić information content (AvgIpc) is 2.73. The van der Waals surface area contributed by atoms with E-state index in [4.69, 9.17) is 5.73 Å². The van der Waals surface area contributed by atoms with Crippen LogP contribution in [0.25, 0.3) is 0 Å². The lowest BCUT2D eigenvalue weighted by molar-refractivity contribution is -0.131. The number of amides is 1. The molecule has 2 unspecified atom stereocenters. The van der Waals surface area contributed by atoms with Crippen molar-refractivity contribution in [1.82, 2.24) is 4.90 Å². The largest absolute Gasteiger partial charge is 0.340 e. The maximum absolute atomic E-state index is 12.2. The number of hydrogen-bond acceptors (Lipinski definition) is 2. The number of carbonyl (C=O) groups excluding carboxylic acids is 1. The molecule has 1 aromatic rings. The smallest absolute Gasteiger partial charge is 0.239 e. The lowest BCUT2D eigenvalue weighted by Gasteiger charge is -2.25. The molecular formula is C16H24N2O. The van der Waals surface area contributed by atoms with Gasteiger partial charge in [0.15, 0.2) is 0 Å². The Morgan fingerprint density at radius 3 is 2.63 bits per heavy atom. The van der Waals surface area contributed by atoms with Gasteiger partial charge in [-0.3, -0.25) is 4.79 Å². The summed E-state index contributed by atoms with van der Waals surface area (Å²) in [5.74, 6) is 0.482. The van der Waals surface area contributed by atoms with E-state index in [1.54, 1.807) is 0 Å². The molecule has 0 saturated carbocycles. The van der Waals surface area contributed by atoms with Gasteiger partial charge in [-0.2, -0.15) is 0 Å². The highest BCUT2D eigenvalue weighted by atomic mass is 16.2. The molecule has 0 spiro atoms. The van der Waals surface area contributed by atoms with E-state index in [0.29, 0.717) is 12.3 Å². The Morgan fingerprint density at radius 1 is 1.42 bits per heavy atom. The van der Waals surface area contributed by atoms with Gasteiger partial charge in [-0.25, -0.2) is 0 Å². The van der Waals surface area contributed by atoms with E-state index in [9.17, 15) is 4.79 Å². The van der Waals surface area contributed by atoms with Gasteiger partial charge in [0.1, 0.15) is 0 Å². The van der Waals surface area contributed by atoms with Gasteiger partial charge in [0.05, 0.1) is 6.04 Å². The van der Waals surface area contributed by atoms with Crippen molar-refractivity contribution >= 4 is 5.91 Å². The molecule has 1 aromatic carbocycles. The van der Waals surface area contributed by atoms with E-state index < -0.39 is 0 Å². The van der Waals surface area contributed by atoms with Crippen LogP contribution in [0.5, 0.6) is 0 Å². The number of benzene rings is 1. The van der Waals surface area contributed by atoms with Crippen LogP contribution in [-0.4, -0.2) is 29.9 Å². The van der Waals surface area contributed by atoms with Gasteiger partial charge < -0.3 is 10.6 Å². The van der Waals surface area contributed by atoms with Crippen LogP contribution in [-0.2, 0) is 4.79 Å². The van der Waals surface area contributed by atoms with Crippen LogP contribution >= 0.6 is 0 Å². The lowest BCUT2D eigenvalue weighted by Crippen LogP contribution is -2.42. The van der Waals surface area contributed by atoms with E-state index in [1.807, 2.05) is 17.9 Å². The zero-order valence-electron chi connectivity index (χ0n) is 12.1. The second-order valence-electron chi connectivity index (χ2n) is 6.19. The predicted octanol–water partition coefficient (Wildman–Crippen LogP) is 2.38. The van der Waals surface area contributed by atoms with Crippen LogP contribution in [0.2, 0.25) is 0 Å². The van der Waals surface area contributed by atoms with Gasteiger partial charge in [0.2, 0.25) is 5.91 Å². The maximum Gasteiger partial charge on any atom is 0.239 e. The summed E-state index contributed by atoms with van der Waals surface area (Å²) in [7, 11) is 0. The molecule has 2 N–H and O–H groups in total. The normalized spacial score (nSPS) is 23.4. The van der Waals surface area contributed by atoms with E-state index in [0.717, 1.165) is 13.1 Å². The fourth-order valence-corrected chi connectivity index (χ4v) is 2.95. The first-order valence-electron chi connectivity index (χ1n) is 7.05. The second kappa shape index (κ2) is 5.33.